The van der Waals surface area contributed by atoms with Crippen LogP contribution in [0.1, 0.15) is 15.9 Å². The van der Waals surface area contributed by atoms with Crippen molar-refractivity contribution in [3.63, 3.8) is 0 Å². The molecule has 0 bridgehead atoms. The average molecular weight is 425 g/mol. The molecular weight excluding hydrogens is 404 g/mol. The summed E-state index contributed by atoms with van der Waals surface area (Å²) in [7, 11) is 0. The van der Waals surface area contributed by atoms with Crippen molar-refractivity contribution in [2.24, 2.45) is 0 Å². The number of rotatable bonds is 6. The van der Waals surface area contributed by atoms with Crippen LogP contribution in [0.25, 0.3) is 0 Å². The van der Waals surface area contributed by atoms with Gasteiger partial charge in [0.25, 0.3) is 5.91 Å². The van der Waals surface area contributed by atoms with Crippen LogP contribution in [0.3, 0.4) is 0 Å². The predicted molar refractivity (Wildman–Crippen MR) is 112 cm³/mol. The largest absolute Gasteiger partial charge is 0.487 e. The maximum Gasteiger partial charge on any atom is 0.255 e. The number of nitrogens with one attached hydrogen (secondary N) is 1. The minimum Gasteiger partial charge on any atom is -0.487 e. The molecule has 1 aliphatic rings. The van der Waals surface area contributed by atoms with Gasteiger partial charge in [0.1, 0.15) is 24.0 Å². The summed E-state index contributed by atoms with van der Waals surface area (Å²) >= 11 is 0. The zero-order valence-electron chi connectivity index (χ0n) is 16.7. The molecular formula is C23H21F2N3O3. The topological polar surface area (TPSA) is 63.7 Å². The Bertz CT molecular complexity index is 1060. The summed E-state index contributed by atoms with van der Waals surface area (Å²) < 4.78 is 39.2. The van der Waals surface area contributed by atoms with Crippen LogP contribution >= 0.6 is 0 Å². The van der Waals surface area contributed by atoms with Gasteiger partial charge in [0.2, 0.25) is 0 Å². The predicted octanol–water partition coefficient (Wildman–Crippen LogP) is 4.03. The minimum absolute atomic E-state index is 0.0254. The van der Waals surface area contributed by atoms with E-state index in [9.17, 15) is 13.6 Å². The van der Waals surface area contributed by atoms with Crippen LogP contribution < -0.4 is 15.0 Å². The number of aromatic nitrogens is 1. The number of morpholine rings is 1. The van der Waals surface area contributed by atoms with Crippen molar-refractivity contribution in [3.05, 3.63) is 83.7 Å². The quantitative estimate of drug-likeness (QED) is 0.646. The monoisotopic (exact) mass is 425 g/mol. The summed E-state index contributed by atoms with van der Waals surface area (Å²) in [6.07, 6.45) is 3.14. The highest BCUT2D eigenvalue weighted by Crippen LogP contribution is 2.22. The molecule has 31 heavy (non-hydrogen) atoms. The lowest BCUT2D eigenvalue weighted by Crippen LogP contribution is -2.36. The summed E-state index contributed by atoms with van der Waals surface area (Å²) in [5, 5.41) is 2.70. The zero-order valence-corrected chi connectivity index (χ0v) is 16.7. The number of hydrogen-bond acceptors (Lipinski definition) is 5. The van der Waals surface area contributed by atoms with Crippen LogP contribution in [0.4, 0.5) is 20.2 Å². The Morgan fingerprint density at radius 2 is 1.97 bits per heavy atom. The number of amides is 1. The van der Waals surface area contributed by atoms with E-state index in [2.05, 4.69) is 10.3 Å². The van der Waals surface area contributed by atoms with E-state index < -0.39 is 17.5 Å². The first-order valence-corrected chi connectivity index (χ1v) is 9.84. The van der Waals surface area contributed by atoms with Gasteiger partial charge in [0.05, 0.1) is 19.4 Å². The molecule has 0 aliphatic carbocycles. The average Bonchev–Trinajstić information content (AvgIpc) is 2.80. The fourth-order valence-corrected chi connectivity index (χ4v) is 3.27. The number of benzene rings is 2. The first-order chi connectivity index (χ1) is 15.1. The number of ether oxygens (including phenoxy) is 2. The van der Waals surface area contributed by atoms with Crippen molar-refractivity contribution >= 4 is 17.3 Å². The molecule has 1 fully saturated rings. The first kappa shape index (κ1) is 20.7. The van der Waals surface area contributed by atoms with E-state index in [0.717, 1.165) is 0 Å². The fraction of sp³-hybridized carbons (Fsp3) is 0.217. The van der Waals surface area contributed by atoms with E-state index in [1.165, 1.54) is 36.5 Å². The molecule has 8 heteroatoms. The molecule has 1 aromatic heterocycles. The van der Waals surface area contributed by atoms with Crippen molar-refractivity contribution in [3.8, 4) is 5.75 Å². The summed E-state index contributed by atoms with van der Waals surface area (Å²) in [6.45, 7) is 2.34. The van der Waals surface area contributed by atoms with Crippen LogP contribution in [0.15, 0.2) is 60.9 Å². The number of halogens is 2. The summed E-state index contributed by atoms with van der Waals surface area (Å²) in [4.78, 5) is 18.6. The number of carbonyl (C=O) groups is 1. The van der Waals surface area contributed by atoms with Crippen molar-refractivity contribution in [1.82, 2.24) is 4.98 Å². The number of hydrogen-bond donors (Lipinski definition) is 1. The standard InChI is InChI=1S/C23H21F2N3O3/c24-18-10-16(12-20(13-18)28-6-8-30-9-7-28)23(29)27-19-3-4-22(25)17(11-19)15-31-21-2-1-5-26-14-21/h1-5,10-14H,6-9,15H2,(H,27,29). The molecule has 1 N–H and O–H groups in total. The third-order valence-corrected chi connectivity index (χ3v) is 4.85. The van der Waals surface area contributed by atoms with E-state index in [1.54, 1.807) is 24.4 Å². The molecule has 1 saturated heterocycles. The van der Waals surface area contributed by atoms with Crippen molar-refractivity contribution in [2.45, 2.75) is 6.61 Å². The first-order valence-electron chi connectivity index (χ1n) is 9.84. The highest BCUT2D eigenvalue weighted by Gasteiger charge is 2.16. The molecule has 0 unspecified atom stereocenters. The molecule has 1 amide bonds. The van der Waals surface area contributed by atoms with Gasteiger partial charge in [0.15, 0.2) is 0 Å². The van der Waals surface area contributed by atoms with Gasteiger partial charge >= 0.3 is 0 Å². The van der Waals surface area contributed by atoms with Gasteiger partial charge in [-0.25, -0.2) is 8.78 Å². The Morgan fingerprint density at radius 1 is 1.13 bits per heavy atom. The van der Waals surface area contributed by atoms with E-state index in [4.69, 9.17) is 9.47 Å². The lowest BCUT2D eigenvalue weighted by Gasteiger charge is -2.29. The van der Waals surface area contributed by atoms with Crippen molar-refractivity contribution < 1.29 is 23.0 Å². The van der Waals surface area contributed by atoms with Crippen molar-refractivity contribution in [2.75, 3.05) is 36.5 Å². The Balaban J connectivity index is 1.47. The molecule has 0 saturated carbocycles. The lowest BCUT2D eigenvalue weighted by atomic mass is 10.1. The molecule has 0 spiro atoms. The van der Waals surface area contributed by atoms with E-state index in [1.807, 2.05) is 4.90 Å². The van der Waals surface area contributed by atoms with E-state index in [-0.39, 0.29) is 17.7 Å². The number of nitrogens with zero attached hydrogens (tertiary/aromatic N) is 2. The molecule has 0 atom stereocenters. The molecule has 160 valence electrons. The summed E-state index contributed by atoms with van der Waals surface area (Å²) in [6, 6.07) is 11.8. The SMILES string of the molecule is O=C(Nc1ccc(F)c(COc2cccnc2)c1)c1cc(F)cc(N2CCOCC2)c1. The van der Waals surface area contributed by atoms with Gasteiger partial charge in [0, 0.05) is 41.8 Å². The Morgan fingerprint density at radius 3 is 2.74 bits per heavy atom. The molecule has 2 aromatic carbocycles. The van der Waals surface area contributed by atoms with E-state index in [0.29, 0.717) is 43.4 Å². The fourth-order valence-electron chi connectivity index (χ4n) is 3.27. The van der Waals surface area contributed by atoms with Gasteiger partial charge in [-0.3, -0.25) is 9.78 Å². The molecule has 6 nitrogen and oxygen atoms in total. The van der Waals surface area contributed by atoms with Crippen LogP contribution in [-0.2, 0) is 11.3 Å². The molecule has 4 rings (SSSR count). The Hall–Kier alpha value is -3.52. The Labute approximate surface area is 178 Å². The summed E-state index contributed by atoms with van der Waals surface area (Å²) in [5.74, 6) is -0.937. The molecule has 1 aliphatic heterocycles. The smallest absolute Gasteiger partial charge is 0.255 e. The molecule has 3 aromatic rings. The molecule has 2 heterocycles. The minimum atomic E-state index is -0.501. The maximum absolute atomic E-state index is 14.2. The van der Waals surface area contributed by atoms with Gasteiger partial charge in [-0.15, -0.1) is 0 Å². The van der Waals surface area contributed by atoms with Crippen LogP contribution in [0.2, 0.25) is 0 Å². The third-order valence-electron chi connectivity index (χ3n) is 4.85. The second-order valence-electron chi connectivity index (χ2n) is 7.04. The second kappa shape index (κ2) is 9.53. The molecule has 0 radical (unpaired) electrons. The van der Waals surface area contributed by atoms with Crippen LogP contribution in [0.5, 0.6) is 5.75 Å². The number of carbonyl (C=O) groups excluding carboxylic acids is 1. The van der Waals surface area contributed by atoms with Gasteiger partial charge in [-0.05, 0) is 48.5 Å². The van der Waals surface area contributed by atoms with E-state index >= 15 is 0 Å². The zero-order chi connectivity index (χ0) is 21.6. The number of anilines is 2. The third kappa shape index (κ3) is 5.35. The highest BCUT2D eigenvalue weighted by molar-refractivity contribution is 6.04. The highest BCUT2D eigenvalue weighted by atomic mass is 19.1. The van der Waals surface area contributed by atoms with Crippen molar-refractivity contribution in [1.29, 1.82) is 0 Å². The van der Waals surface area contributed by atoms with Gasteiger partial charge in [-0.2, -0.15) is 0 Å². The van der Waals surface area contributed by atoms with Crippen LogP contribution in [0, 0.1) is 11.6 Å². The van der Waals surface area contributed by atoms with Crippen LogP contribution in [-0.4, -0.2) is 37.2 Å². The lowest BCUT2D eigenvalue weighted by molar-refractivity contribution is 0.102. The number of pyridine rings is 1. The second-order valence-corrected chi connectivity index (χ2v) is 7.04. The Kier molecular flexibility index (Phi) is 6.37. The van der Waals surface area contributed by atoms with Gasteiger partial charge < -0.3 is 19.7 Å². The summed E-state index contributed by atoms with van der Waals surface area (Å²) in [5.41, 5.74) is 1.46. The van der Waals surface area contributed by atoms with Gasteiger partial charge in [-0.1, -0.05) is 0 Å². The maximum atomic E-state index is 14.2. The normalized spacial score (nSPS) is 13.7.